The van der Waals surface area contributed by atoms with Crippen molar-refractivity contribution in [1.29, 1.82) is 0 Å². The normalized spacial score (nSPS) is 17.4. The van der Waals surface area contributed by atoms with Crippen LogP contribution in [0.25, 0.3) is 0 Å². The summed E-state index contributed by atoms with van der Waals surface area (Å²) in [5.41, 5.74) is 0. The Morgan fingerprint density at radius 1 is 1.05 bits per heavy atom. The van der Waals surface area contributed by atoms with Crippen LogP contribution in [0.3, 0.4) is 0 Å². The minimum Gasteiger partial charge on any atom is -0.356 e. The number of hydrogen-bond acceptors (Lipinski definition) is 4. The number of amides is 1. The third-order valence-electron chi connectivity index (χ3n) is 3.53. The van der Waals surface area contributed by atoms with E-state index in [4.69, 9.17) is 0 Å². The van der Waals surface area contributed by atoms with Gasteiger partial charge >= 0.3 is 0 Å². The van der Waals surface area contributed by atoms with Crippen molar-refractivity contribution in [2.45, 2.75) is 32.6 Å². The molecule has 0 bridgehead atoms. The Morgan fingerprint density at radius 3 is 2.37 bits per heavy atom. The topological polar surface area (TPSA) is 52.7 Å². The SMILES string of the molecule is CC(=O)CCCCNC(=O)CCN1CCN(C)CC1. The van der Waals surface area contributed by atoms with Gasteiger partial charge in [0.2, 0.25) is 5.91 Å². The predicted molar refractivity (Wildman–Crippen MR) is 76.1 cm³/mol. The Labute approximate surface area is 116 Å². The number of unbranched alkanes of at least 4 members (excludes halogenated alkanes) is 1. The first-order valence-corrected chi connectivity index (χ1v) is 7.25. The molecule has 1 saturated heterocycles. The molecule has 1 heterocycles. The molecular weight excluding hydrogens is 242 g/mol. The highest BCUT2D eigenvalue weighted by molar-refractivity contribution is 5.76. The number of carbonyl (C=O) groups is 2. The lowest BCUT2D eigenvalue weighted by Gasteiger charge is -2.32. The zero-order valence-corrected chi connectivity index (χ0v) is 12.3. The molecule has 0 radical (unpaired) electrons. The standard InChI is InChI=1S/C14H27N3O2/c1-13(18)5-3-4-7-15-14(19)6-8-17-11-9-16(2)10-12-17/h3-12H2,1-2H3,(H,15,19). The Hall–Kier alpha value is -0.940. The molecular formula is C14H27N3O2. The van der Waals surface area contributed by atoms with Crippen molar-refractivity contribution in [3.63, 3.8) is 0 Å². The Morgan fingerprint density at radius 2 is 1.74 bits per heavy atom. The van der Waals surface area contributed by atoms with E-state index < -0.39 is 0 Å². The van der Waals surface area contributed by atoms with Gasteiger partial charge in [0.25, 0.3) is 0 Å². The molecule has 0 spiro atoms. The zero-order chi connectivity index (χ0) is 14.1. The van der Waals surface area contributed by atoms with E-state index in [0.717, 1.165) is 45.6 Å². The lowest BCUT2D eigenvalue weighted by Crippen LogP contribution is -2.45. The van der Waals surface area contributed by atoms with Gasteiger partial charge < -0.3 is 19.9 Å². The highest BCUT2D eigenvalue weighted by Crippen LogP contribution is 2.00. The molecule has 1 rings (SSSR count). The molecule has 1 aliphatic heterocycles. The van der Waals surface area contributed by atoms with Crippen LogP contribution in [0.1, 0.15) is 32.6 Å². The molecule has 0 atom stereocenters. The van der Waals surface area contributed by atoms with E-state index in [1.165, 1.54) is 0 Å². The summed E-state index contributed by atoms with van der Waals surface area (Å²) in [6.07, 6.45) is 2.96. The third-order valence-corrected chi connectivity index (χ3v) is 3.53. The van der Waals surface area contributed by atoms with Crippen LogP contribution in [0.2, 0.25) is 0 Å². The molecule has 5 heteroatoms. The number of ketones is 1. The van der Waals surface area contributed by atoms with E-state index in [1.807, 2.05) is 0 Å². The number of likely N-dealkylation sites (N-methyl/N-ethyl adjacent to an activating group) is 1. The van der Waals surface area contributed by atoms with Crippen LogP contribution in [0.15, 0.2) is 0 Å². The second-order valence-corrected chi connectivity index (χ2v) is 5.40. The van der Waals surface area contributed by atoms with Crippen LogP contribution < -0.4 is 5.32 Å². The predicted octanol–water partition coefficient (Wildman–Crippen LogP) is 0.499. The fourth-order valence-electron chi connectivity index (χ4n) is 2.15. The Bertz CT molecular complexity index is 286. The van der Waals surface area contributed by atoms with Crippen LogP contribution in [0.5, 0.6) is 0 Å². The van der Waals surface area contributed by atoms with E-state index in [0.29, 0.717) is 19.4 Å². The first kappa shape index (κ1) is 16.1. The maximum Gasteiger partial charge on any atom is 0.221 e. The largest absolute Gasteiger partial charge is 0.356 e. The van der Waals surface area contributed by atoms with Gasteiger partial charge in [0.05, 0.1) is 0 Å². The molecule has 0 saturated carbocycles. The maximum absolute atomic E-state index is 11.6. The highest BCUT2D eigenvalue weighted by atomic mass is 16.1. The van der Waals surface area contributed by atoms with Gasteiger partial charge in [-0.2, -0.15) is 0 Å². The van der Waals surface area contributed by atoms with Crippen LogP contribution >= 0.6 is 0 Å². The third kappa shape index (κ3) is 7.95. The molecule has 0 aromatic rings. The number of rotatable bonds is 8. The molecule has 5 nitrogen and oxygen atoms in total. The van der Waals surface area contributed by atoms with Crippen molar-refractivity contribution >= 4 is 11.7 Å². The molecule has 0 aromatic carbocycles. The molecule has 1 N–H and O–H groups in total. The zero-order valence-electron chi connectivity index (χ0n) is 12.3. The van der Waals surface area contributed by atoms with Crippen LogP contribution in [0, 0.1) is 0 Å². The van der Waals surface area contributed by atoms with Gasteiger partial charge in [0.15, 0.2) is 0 Å². The van der Waals surface area contributed by atoms with Crippen molar-refractivity contribution in [3.05, 3.63) is 0 Å². The first-order chi connectivity index (χ1) is 9.08. The lowest BCUT2D eigenvalue weighted by molar-refractivity contribution is -0.121. The molecule has 0 aliphatic carbocycles. The number of carbonyl (C=O) groups excluding carboxylic acids is 2. The van der Waals surface area contributed by atoms with Gasteiger partial charge in [-0.15, -0.1) is 0 Å². The van der Waals surface area contributed by atoms with E-state index >= 15 is 0 Å². The number of nitrogens with zero attached hydrogens (tertiary/aromatic N) is 2. The van der Waals surface area contributed by atoms with Crippen molar-refractivity contribution in [1.82, 2.24) is 15.1 Å². The second kappa shape index (κ2) is 9.04. The monoisotopic (exact) mass is 269 g/mol. The molecule has 0 aromatic heterocycles. The molecule has 110 valence electrons. The molecule has 1 amide bonds. The van der Waals surface area contributed by atoms with E-state index in [-0.39, 0.29) is 11.7 Å². The maximum atomic E-state index is 11.6. The summed E-state index contributed by atoms with van der Waals surface area (Å²) in [6.45, 7) is 7.45. The average Bonchev–Trinajstić information content (AvgIpc) is 2.37. The summed E-state index contributed by atoms with van der Waals surface area (Å²) >= 11 is 0. The van der Waals surface area contributed by atoms with E-state index in [1.54, 1.807) is 6.92 Å². The summed E-state index contributed by atoms with van der Waals surface area (Å²) in [7, 11) is 2.13. The van der Waals surface area contributed by atoms with E-state index in [9.17, 15) is 9.59 Å². The molecule has 1 aliphatic rings. The van der Waals surface area contributed by atoms with Crippen LogP contribution in [0.4, 0.5) is 0 Å². The van der Waals surface area contributed by atoms with Gasteiger partial charge in [-0.25, -0.2) is 0 Å². The van der Waals surface area contributed by atoms with Crippen LogP contribution in [-0.4, -0.2) is 67.8 Å². The Balaban J connectivity index is 1.97. The number of Topliss-reactive ketones (excluding diaryl/α,β-unsaturated/α-hetero) is 1. The first-order valence-electron chi connectivity index (χ1n) is 7.25. The lowest BCUT2D eigenvalue weighted by atomic mass is 10.2. The minimum absolute atomic E-state index is 0.127. The quantitative estimate of drug-likeness (QED) is 0.652. The van der Waals surface area contributed by atoms with Gasteiger partial charge in [-0.05, 0) is 26.8 Å². The highest BCUT2D eigenvalue weighted by Gasteiger charge is 2.14. The van der Waals surface area contributed by atoms with Crippen molar-refractivity contribution in [3.8, 4) is 0 Å². The van der Waals surface area contributed by atoms with Crippen molar-refractivity contribution in [2.75, 3.05) is 46.3 Å². The van der Waals surface area contributed by atoms with Gasteiger partial charge in [-0.3, -0.25) is 4.79 Å². The van der Waals surface area contributed by atoms with Crippen molar-refractivity contribution < 1.29 is 9.59 Å². The van der Waals surface area contributed by atoms with Gasteiger partial charge in [0.1, 0.15) is 5.78 Å². The molecule has 19 heavy (non-hydrogen) atoms. The summed E-state index contributed by atoms with van der Waals surface area (Å²) in [5, 5.41) is 2.92. The summed E-state index contributed by atoms with van der Waals surface area (Å²) in [4.78, 5) is 27.0. The summed E-state index contributed by atoms with van der Waals surface area (Å²) in [6, 6.07) is 0. The molecule has 1 fully saturated rings. The molecule has 0 unspecified atom stereocenters. The van der Waals surface area contributed by atoms with Gasteiger partial charge in [0, 0.05) is 52.1 Å². The fraction of sp³-hybridized carbons (Fsp3) is 0.857. The van der Waals surface area contributed by atoms with Crippen LogP contribution in [-0.2, 0) is 9.59 Å². The number of piperazine rings is 1. The average molecular weight is 269 g/mol. The fourth-order valence-corrected chi connectivity index (χ4v) is 2.15. The number of nitrogens with one attached hydrogen (secondary N) is 1. The summed E-state index contributed by atoms with van der Waals surface area (Å²) in [5.74, 6) is 0.350. The number of hydrogen-bond donors (Lipinski definition) is 1. The second-order valence-electron chi connectivity index (χ2n) is 5.40. The minimum atomic E-state index is 0.127. The van der Waals surface area contributed by atoms with Crippen molar-refractivity contribution in [2.24, 2.45) is 0 Å². The smallest absolute Gasteiger partial charge is 0.221 e. The van der Waals surface area contributed by atoms with E-state index in [2.05, 4.69) is 22.2 Å². The Kier molecular flexibility index (Phi) is 7.67. The summed E-state index contributed by atoms with van der Waals surface area (Å²) < 4.78 is 0. The van der Waals surface area contributed by atoms with Gasteiger partial charge in [-0.1, -0.05) is 0 Å².